The number of benzene rings is 1. The first-order valence-corrected chi connectivity index (χ1v) is 5.21. The normalized spacial score (nSPS) is 10.8. The summed E-state index contributed by atoms with van der Waals surface area (Å²) >= 11 is 5.86. The van der Waals surface area contributed by atoms with E-state index in [4.69, 9.17) is 11.6 Å². The molecule has 0 heterocycles. The van der Waals surface area contributed by atoms with Crippen molar-refractivity contribution < 1.29 is 4.79 Å². The van der Waals surface area contributed by atoms with Gasteiger partial charge in [-0.25, -0.2) is 0 Å². The summed E-state index contributed by atoms with van der Waals surface area (Å²) < 4.78 is 0. The van der Waals surface area contributed by atoms with E-state index in [0.29, 0.717) is 10.6 Å². The molecule has 0 spiro atoms. The average Bonchev–Trinajstić information content (AvgIpc) is 2.23. The van der Waals surface area contributed by atoms with E-state index in [9.17, 15) is 4.79 Å². The summed E-state index contributed by atoms with van der Waals surface area (Å²) in [5.41, 5.74) is 1.57. The Morgan fingerprint density at radius 3 is 2.73 bits per heavy atom. The van der Waals surface area contributed by atoms with Crippen LogP contribution in [0.5, 0.6) is 0 Å². The van der Waals surface area contributed by atoms with Crippen molar-refractivity contribution in [2.75, 3.05) is 13.6 Å². The molecule has 0 fully saturated rings. The second-order valence-electron chi connectivity index (χ2n) is 3.23. The Morgan fingerprint density at radius 2 is 2.07 bits per heavy atom. The van der Waals surface area contributed by atoms with E-state index in [2.05, 4.69) is 11.4 Å². The van der Waals surface area contributed by atoms with Crippen LogP contribution in [0.3, 0.4) is 0 Å². The van der Waals surface area contributed by atoms with Crippen LogP contribution in [-0.2, 0) is 0 Å². The molecule has 0 aliphatic carbocycles. The van der Waals surface area contributed by atoms with Gasteiger partial charge in [0, 0.05) is 10.6 Å². The predicted molar refractivity (Wildman–Crippen MR) is 64.4 cm³/mol. The zero-order chi connectivity index (χ0) is 11.1. The molecular weight excluding hydrogens is 210 g/mol. The molecule has 0 saturated carbocycles. The minimum Gasteiger partial charge on any atom is -0.319 e. The summed E-state index contributed by atoms with van der Waals surface area (Å²) in [7, 11) is 1.91. The standard InChI is InChI=1S/C12H14ClNO/c1-14-5-3-2-4-10-6-11(9-15)8-12(13)7-10/h2,4,6-9,14H,3,5H2,1H3. The Hall–Kier alpha value is -1.12. The second-order valence-corrected chi connectivity index (χ2v) is 3.67. The average molecular weight is 224 g/mol. The summed E-state index contributed by atoms with van der Waals surface area (Å²) in [6.07, 6.45) is 5.78. The van der Waals surface area contributed by atoms with E-state index in [0.717, 1.165) is 24.8 Å². The van der Waals surface area contributed by atoms with E-state index in [1.165, 1.54) is 0 Å². The smallest absolute Gasteiger partial charge is 0.150 e. The first-order valence-electron chi connectivity index (χ1n) is 4.83. The zero-order valence-corrected chi connectivity index (χ0v) is 9.42. The van der Waals surface area contributed by atoms with Gasteiger partial charge in [-0.05, 0) is 43.8 Å². The molecule has 0 unspecified atom stereocenters. The van der Waals surface area contributed by atoms with Crippen molar-refractivity contribution in [2.45, 2.75) is 6.42 Å². The maximum absolute atomic E-state index is 10.6. The number of halogens is 1. The monoisotopic (exact) mass is 223 g/mol. The van der Waals surface area contributed by atoms with Crippen LogP contribution in [-0.4, -0.2) is 19.9 Å². The number of carbonyl (C=O) groups is 1. The van der Waals surface area contributed by atoms with E-state index in [1.54, 1.807) is 6.07 Å². The highest BCUT2D eigenvalue weighted by Gasteiger charge is 1.95. The molecule has 1 aromatic rings. The second kappa shape index (κ2) is 6.38. The topological polar surface area (TPSA) is 29.1 Å². The number of carbonyl (C=O) groups excluding carboxylic acids is 1. The third-order valence-corrected chi connectivity index (χ3v) is 2.17. The molecule has 1 N–H and O–H groups in total. The molecule has 3 heteroatoms. The zero-order valence-electron chi connectivity index (χ0n) is 8.66. The van der Waals surface area contributed by atoms with Crippen molar-refractivity contribution in [3.63, 3.8) is 0 Å². The Kier molecular flexibility index (Phi) is 5.08. The number of nitrogens with one attached hydrogen (secondary N) is 1. The minimum absolute atomic E-state index is 0.591. The van der Waals surface area contributed by atoms with Gasteiger partial charge in [-0.3, -0.25) is 4.79 Å². The molecular formula is C12H14ClNO. The maximum Gasteiger partial charge on any atom is 0.150 e. The highest BCUT2D eigenvalue weighted by Crippen LogP contribution is 2.15. The van der Waals surface area contributed by atoms with Crippen LogP contribution in [0, 0.1) is 0 Å². The molecule has 0 atom stereocenters. The van der Waals surface area contributed by atoms with Crippen LogP contribution in [0.2, 0.25) is 5.02 Å². The van der Waals surface area contributed by atoms with Crippen LogP contribution in [0.4, 0.5) is 0 Å². The Labute approximate surface area is 94.9 Å². The van der Waals surface area contributed by atoms with Crippen molar-refractivity contribution in [1.82, 2.24) is 5.32 Å². The third-order valence-electron chi connectivity index (χ3n) is 1.95. The van der Waals surface area contributed by atoms with Gasteiger partial charge in [-0.2, -0.15) is 0 Å². The van der Waals surface area contributed by atoms with Gasteiger partial charge in [0.1, 0.15) is 6.29 Å². The number of aldehydes is 1. The van der Waals surface area contributed by atoms with Crippen LogP contribution in [0.1, 0.15) is 22.3 Å². The number of hydrogen-bond donors (Lipinski definition) is 1. The van der Waals surface area contributed by atoms with Gasteiger partial charge in [-0.15, -0.1) is 0 Å². The predicted octanol–water partition coefficient (Wildman–Crippen LogP) is 2.78. The lowest BCUT2D eigenvalue weighted by molar-refractivity contribution is 0.112. The van der Waals surface area contributed by atoms with Crippen LogP contribution in [0.25, 0.3) is 6.08 Å². The van der Waals surface area contributed by atoms with Gasteiger partial charge < -0.3 is 5.32 Å². The van der Waals surface area contributed by atoms with Gasteiger partial charge in [0.2, 0.25) is 0 Å². The fraction of sp³-hybridized carbons (Fsp3) is 0.250. The van der Waals surface area contributed by atoms with E-state index < -0.39 is 0 Å². The molecule has 1 aromatic carbocycles. The lowest BCUT2D eigenvalue weighted by Gasteiger charge is -1.98. The molecule has 0 radical (unpaired) electrons. The Balaban J connectivity index is 2.72. The van der Waals surface area contributed by atoms with E-state index >= 15 is 0 Å². The molecule has 2 nitrogen and oxygen atoms in total. The lowest BCUT2D eigenvalue weighted by atomic mass is 10.1. The SMILES string of the molecule is CNCCC=Cc1cc(Cl)cc(C=O)c1. The summed E-state index contributed by atoms with van der Waals surface area (Å²) in [6, 6.07) is 5.30. The van der Waals surface area contributed by atoms with E-state index in [1.807, 2.05) is 25.3 Å². The summed E-state index contributed by atoms with van der Waals surface area (Å²) in [6.45, 7) is 0.942. The largest absolute Gasteiger partial charge is 0.319 e. The molecule has 0 saturated heterocycles. The number of hydrogen-bond acceptors (Lipinski definition) is 2. The van der Waals surface area contributed by atoms with Gasteiger partial charge in [-0.1, -0.05) is 23.8 Å². The molecule has 0 aromatic heterocycles. The Bertz CT molecular complexity index is 361. The first kappa shape index (κ1) is 12.0. The minimum atomic E-state index is 0.591. The van der Waals surface area contributed by atoms with Gasteiger partial charge in [0.25, 0.3) is 0 Å². The lowest BCUT2D eigenvalue weighted by Crippen LogP contribution is -2.05. The van der Waals surface area contributed by atoms with Crippen molar-refractivity contribution in [1.29, 1.82) is 0 Å². The molecule has 80 valence electrons. The quantitative estimate of drug-likeness (QED) is 0.615. The molecule has 1 rings (SSSR count). The van der Waals surface area contributed by atoms with Gasteiger partial charge in [0.05, 0.1) is 0 Å². The van der Waals surface area contributed by atoms with E-state index in [-0.39, 0.29) is 0 Å². The summed E-state index contributed by atoms with van der Waals surface area (Å²) in [4.78, 5) is 10.6. The molecule has 0 aliphatic rings. The third kappa shape index (κ3) is 4.28. The van der Waals surface area contributed by atoms with Crippen molar-refractivity contribution in [3.8, 4) is 0 Å². The highest BCUT2D eigenvalue weighted by atomic mass is 35.5. The molecule has 0 bridgehead atoms. The molecule has 0 amide bonds. The van der Waals surface area contributed by atoms with Crippen molar-refractivity contribution in [3.05, 3.63) is 40.4 Å². The molecule has 0 aliphatic heterocycles. The number of rotatable bonds is 5. The van der Waals surface area contributed by atoms with Crippen molar-refractivity contribution >= 4 is 24.0 Å². The fourth-order valence-corrected chi connectivity index (χ4v) is 1.50. The Morgan fingerprint density at radius 1 is 1.33 bits per heavy atom. The first-order chi connectivity index (χ1) is 7.26. The van der Waals surface area contributed by atoms with Crippen LogP contribution < -0.4 is 5.32 Å². The van der Waals surface area contributed by atoms with Gasteiger partial charge >= 0.3 is 0 Å². The highest BCUT2D eigenvalue weighted by molar-refractivity contribution is 6.31. The van der Waals surface area contributed by atoms with Crippen LogP contribution in [0.15, 0.2) is 24.3 Å². The van der Waals surface area contributed by atoms with Crippen LogP contribution >= 0.6 is 11.6 Å². The molecule has 15 heavy (non-hydrogen) atoms. The summed E-state index contributed by atoms with van der Waals surface area (Å²) in [5.74, 6) is 0. The van der Waals surface area contributed by atoms with Crippen molar-refractivity contribution in [2.24, 2.45) is 0 Å². The summed E-state index contributed by atoms with van der Waals surface area (Å²) in [5, 5.41) is 3.65. The fourth-order valence-electron chi connectivity index (χ4n) is 1.25. The van der Waals surface area contributed by atoms with Gasteiger partial charge in [0.15, 0.2) is 0 Å². The maximum atomic E-state index is 10.6.